The number of carbonyl (C=O) groups excluding carboxylic acids is 4. The Morgan fingerprint density at radius 3 is 0.809 bits per heavy atom. The second-order valence-electron chi connectivity index (χ2n) is 28.0. The molecule has 0 saturated heterocycles. The molecule has 0 aromatic rings. The molecule has 19 heteroatoms. The highest BCUT2D eigenvalue weighted by Gasteiger charge is 2.30. The maximum absolute atomic E-state index is 13.1. The van der Waals surface area contributed by atoms with E-state index in [9.17, 15) is 43.2 Å². The van der Waals surface area contributed by atoms with Gasteiger partial charge in [0.1, 0.15) is 19.3 Å². The number of unbranched alkanes of at least 4 members (excludes halogenated alkanes) is 39. The molecule has 0 aliphatic carbocycles. The Kier molecular flexibility index (Phi) is 64.3. The number of aliphatic hydroxyl groups excluding tert-OH is 1. The van der Waals surface area contributed by atoms with Crippen molar-refractivity contribution in [1.29, 1.82) is 0 Å². The minimum absolute atomic E-state index is 0.104. The summed E-state index contributed by atoms with van der Waals surface area (Å²) < 4.78 is 68.3. The summed E-state index contributed by atoms with van der Waals surface area (Å²) in [5, 5.41) is 10.6. The van der Waals surface area contributed by atoms with Crippen molar-refractivity contribution < 1.29 is 80.2 Å². The number of carbonyl (C=O) groups is 4. The van der Waals surface area contributed by atoms with Crippen LogP contribution < -0.4 is 0 Å². The molecule has 558 valence electrons. The molecule has 0 fully saturated rings. The summed E-state index contributed by atoms with van der Waals surface area (Å²) in [7, 11) is -9.90. The smallest absolute Gasteiger partial charge is 0.462 e. The van der Waals surface area contributed by atoms with Gasteiger partial charge >= 0.3 is 39.5 Å². The van der Waals surface area contributed by atoms with E-state index in [1.165, 1.54) is 186 Å². The molecule has 0 amide bonds. The Bertz CT molecular complexity index is 1840. The SMILES string of the molecule is CCCCCCCC(=O)OC[C@H](COP(=O)(O)OC[C@H](O)COP(=O)(O)OC[C@@H](COC(=O)CCCCCCCCCCCCCCCCC(C)CC)OC(=O)CCCCCCCCCCCCCCCCCCC(C)C)OC(=O)CCCCCCCCCCC(C)CC. The molecular formula is C75H146O17P2. The number of hydrogen-bond acceptors (Lipinski definition) is 15. The van der Waals surface area contributed by atoms with Gasteiger partial charge in [0.25, 0.3) is 0 Å². The number of hydrogen-bond donors (Lipinski definition) is 3. The topological polar surface area (TPSA) is 237 Å². The minimum Gasteiger partial charge on any atom is -0.462 e. The van der Waals surface area contributed by atoms with Gasteiger partial charge in [0.2, 0.25) is 0 Å². The Hall–Kier alpha value is -1.94. The van der Waals surface area contributed by atoms with E-state index in [2.05, 4.69) is 48.5 Å². The summed E-state index contributed by atoms with van der Waals surface area (Å²) in [6, 6.07) is 0. The van der Waals surface area contributed by atoms with Crippen LogP contribution in [0.15, 0.2) is 0 Å². The molecular weight excluding hydrogens is 1230 g/mol. The summed E-state index contributed by atoms with van der Waals surface area (Å²) in [6.45, 7) is 11.9. The van der Waals surface area contributed by atoms with Crippen molar-refractivity contribution in [2.45, 2.75) is 401 Å². The van der Waals surface area contributed by atoms with Crippen LogP contribution in [0.5, 0.6) is 0 Å². The van der Waals surface area contributed by atoms with Gasteiger partial charge in [0, 0.05) is 25.7 Å². The standard InChI is InChI=1S/C75H146O17P2/c1-8-11-12-39-49-56-72(77)85-62-70(91-75(80)59-52-45-38-32-31-35-42-48-55-68(7)10-3)64-89-93(81,82)87-60-69(76)61-88-94(83,84)90-65-71(63-86-73(78)57-50-43-36-29-25-21-18-17-20-24-28-34-41-47-54-67(6)9-2)92-74(79)58-51-44-37-30-26-22-16-14-13-15-19-23-27-33-40-46-53-66(4)5/h66-71,76H,8-65H2,1-7H3,(H,81,82)(H,83,84)/t67?,68?,69-,70+,71+/m0/s1. The zero-order valence-electron chi connectivity index (χ0n) is 61.4. The predicted molar refractivity (Wildman–Crippen MR) is 381 cm³/mol. The van der Waals surface area contributed by atoms with Gasteiger partial charge < -0.3 is 33.8 Å². The monoisotopic (exact) mass is 1380 g/mol. The fourth-order valence-electron chi connectivity index (χ4n) is 11.4. The third-order valence-corrected chi connectivity index (χ3v) is 20.0. The van der Waals surface area contributed by atoms with E-state index in [4.69, 9.17) is 37.0 Å². The molecule has 3 N–H and O–H groups in total. The number of ether oxygens (including phenoxy) is 4. The van der Waals surface area contributed by atoms with Crippen molar-refractivity contribution in [1.82, 2.24) is 0 Å². The molecule has 0 spiro atoms. The van der Waals surface area contributed by atoms with E-state index in [0.717, 1.165) is 114 Å². The molecule has 0 saturated carbocycles. The molecule has 17 nitrogen and oxygen atoms in total. The number of phosphoric acid groups is 2. The zero-order chi connectivity index (χ0) is 69.4. The van der Waals surface area contributed by atoms with E-state index in [1.807, 2.05) is 0 Å². The van der Waals surface area contributed by atoms with Gasteiger partial charge in [0.05, 0.1) is 26.4 Å². The molecule has 0 heterocycles. The minimum atomic E-state index is -4.96. The fraction of sp³-hybridized carbons (Fsp3) is 0.947. The van der Waals surface area contributed by atoms with Crippen molar-refractivity contribution in [3.63, 3.8) is 0 Å². The molecule has 0 radical (unpaired) electrons. The maximum Gasteiger partial charge on any atom is 0.472 e. The Morgan fingerprint density at radius 2 is 0.543 bits per heavy atom. The molecule has 4 unspecified atom stereocenters. The first kappa shape index (κ1) is 92.1. The molecule has 0 aliphatic heterocycles. The molecule has 94 heavy (non-hydrogen) atoms. The van der Waals surface area contributed by atoms with Crippen LogP contribution in [0.1, 0.15) is 382 Å². The van der Waals surface area contributed by atoms with Crippen molar-refractivity contribution in [3.8, 4) is 0 Å². The van der Waals surface area contributed by atoms with E-state index >= 15 is 0 Å². The second kappa shape index (κ2) is 65.7. The first-order valence-corrected chi connectivity index (χ1v) is 41.9. The highest BCUT2D eigenvalue weighted by molar-refractivity contribution is 7.47. The normalized spacial score (nSPS) is 14.7. The lowest BCUT2D eigenvalue weighted by Crippen LogP contribution is -2.30. The lowest BCUT2D eigenvalue weighted by molar-refractivity contribution is -0.161. The van der Waals surface area contributed by atoms with Crippen LogP contribution >= 0.6 is 15.6 Å². The van der Waals surface area contributed by atoms with Crippen LogP contribution in [0.2, 0.25) is 0 Å². The second-order valence-corrected chi connectivity index (χ2v) is 30.9. The van der Waals surface area contributed by atoms with Crippen LogP contribution in [0.3, 0.4) is 0 Å². The highest BCUT2D eigenvalue weighted by atomic mass is 31.2. The molecule has 7 atom stereocenters. The third-order valence-electron chi connectivity index (χ3n) is 18.1. The highest BCUT2D eigenvalue weighted by Crippen LogP contribution is 2.45. The van der Waals surface area contributed by atoms with Crippen LogP contribution in [0.25, 0.3) is 0 Å². The fourth-order valence-corrected chi connectivity index (χ4v) is 12.9. The van der Waals surface area contributed by atoms with Crippen molar-refractivity contribution in [3.05, 3.63) is 0 Å². The van der Waals surface area contributed by atoms with Crippen molar-refractivity contribution in [2.75, 3.05) is 39.6 Å². The van der Waals surface area contributed by atoms with E-state index in [-0.39, 0.29) is 25.7 Å². The van der Waals surface area contributed by atoms with Gasteiger partial charge in [-0.15, -0.1) is 0 Å². The van der Waals surface area contributed by atoms with Gasteiger partial charge in [0.15, 0.2) is 12.2 Å². The first-order valence-electron chi connectivity index (χ1n) is 38.9. The van der Waals surface area contributed by atoms with E-state index in [0.29, 0.717) is 25.7 Å². The third kappa shape index (κ3) is 66.0. The number of aliphatic hydroxyl groups is 1. The van der Waals surface area contributed by atoms with Gasteiger partial charge in [-0.3, -0.25) is 37.3 Å². The lowest BCUT2D eigenvalue weighted by Gasteiger charge is -2.21. The largest absolute Gasteiger partial charge is 0.472 e. The van der Waals surface area contributed by atoms with Crippen LogP contribution in [0.4, 0.5) is 0 Å². The molecule has 0 aliphatic rings. The van der Waals surface area contributed by atoms with E-state index < -0.39 is 97.5 Å². The zero-order valence-corrected chi connectivity index (χ0v) is 63.2. The summed E-state index contributed by atoms with van der Waals surface area (Å²) in [5.41, 5.74) is 0. The van der Waals surface area contributed by atoms with E-state index in [1.54, 1.807) is 0 Å². The Labute approximate surface area is 575 Å². The number of phosphoric ester groups is 2. The Balaban J connectivity index is 5.15. The summed E-state index contributed by atoms with van der Waals surface area (Å²) in [5.74, 6) is 0.298. The summed E-state index contributed by atoms with van der Waals surface area (Å²) in [6.07, 6.45) is 51.7. The average Bonchev–Trinajstić information content (AvgIpc) is 1.29. The molecule has 0 rings (SSSR count). The van der Waals surface area contributed by atoms with Crippen LogP contribution in [-0.4, -0.2) is 96.7 Å². The summed E-state index contributed by atoms with van der Waals surface area (Å²) in [4.78, 5) is 72.5. The van der Waals surface area contributed by atoms with Gasteiger partial charge in [-0.05, 0) is 43.4 Å². The molecule has 0 aromatic carbocycles. The van der Waals surface area contributed by atoms with Crippen molar-refractivity contribution in [2.24, 2.45) is 17.8 Å². The number of esters is 4. The van der Waals surface area contributed by atoms with Crippen LogP contribution in [0, 0.1) is 17.8 Å². The average molecular weight is 1380 g/mol. The van der Waals surface area contributed by atoms with Crippen LogP contribution in [-0.2, 0) is 65.4 Å². The summed E-state index contributed by atoms with van der Waals surface area (Å²) >= 11 is 0. The van der Waals surface area contributed by atoms with Gasteiger partial charge in [-0.1, -0.05) is 331 Å². The van der Waals surface area contributed by atoms with Crippen molar-refractivity contribution >= 4 is 39.5 Å². The lowest BCUT2D eigenvalue weighted by atomic mass is 9.99. The van der Waals surface area contributed by atoms with Gasteiger partial charge in [-0.2, -0.15) is 0 Å². The number of rotatable bonds is 73. The first-order chi connectivity index (χ1) is 45.3. The predicted octanol–water partition coefficient (Wildman–Crippen LogP) is 21.8. The Morgan fingerprint density at radius 1 is 0.309 bits per heavy atom. The van der Waals surface area contributed by atoms with Gasteiger partial charge in [-0.25, -0.2) is 9.13 Å². The quantitative estimate of drug-likeness (QED) is 0.0222. The molecule has 0 aromatic heterocycles. The molecule has 0 bridgehead atoms. The maximum atomic E-state index is 13.1.